The lowest BCUT2D eigenvalue weighted by Crippen LogP contribution is -2.42. The average molecular weight is 543 g/mol. The summed E-state index contributed by atoms with van der Waals surface area (Å²) < 4.78 is 6.16. The van der Waals surface area contributed by atoms with E-state index in [0.717, 1.165) is 36.8 Å². The van der Waals surface area contributed by atoms with E-state index in [2.05, 4.69) is 103 Å². The predicted molar refractivity (Wildman–Crippen MR) is 166 cm³/mol. The number of rotatable bonds is 8. The molecule has 2 aliphatic heterocycles. The Morgan fingerprint density at radius 1 is 1.06 bits per heavy atom. The van der Waals surface area contributed by atoms with Gasteiger partial charge < -0.3 is 15.2 Å². The molecule has 0 spiro atoms. The molecule has 1 aromatic rings. The number of hydrogen-bond acceptors (Lipinski definition) is 6. The fourth-order valence-corrected chi connectivity index (χ4v) is 5.16. The van der Waals surface area contributed by atoms with Crippen LogP contribution in [0.5, 0.6) is 5.75 Å². The third kappa shape index (κ3) is 9.11. The first-order chi connectivity index (χ1) is 16.9. The standard InChI is InChI=1S/C21H34N2O2S2.C5H12.2C2H6/c1-20(2)15-8-13-9-19(17(24)12-22-11-14(27)6-7-26)25-18(13)10-16(15)21(3,4)23(20)5;1-4-5(2)3;2*1-2/h8,10,14,17,19,22,24,26-27H,6-7,9,11-12H2,1-5H3;5H,4H2,1-3H3;2*1-2H3. The predicted octanol–water partition coefficient (Wildman–Crippen LogP) is 7.08. The monoisotopic (exact) mass is 542 g/mol. The Hall–Kier alpha value is -0.400. The van der Waals surface area contributed by atoms with E-state index < -0.39 is 6.10 Å². The summed E-state index contributed by atoms with van der Waals surface area (Å²) in [5.41, 5.74) is 3.85. The van der Waals surface area contributed by atoms with Crippen molar-refractivity contribution >= 4 is 25.3 Å². The van der Waals surface area contributed by atoms with Gasteiger partial charge in [0.1, 0.15) is 18.0 Å². The Labute approximate surface area is 235 Å². The van der Waals surface area contributed by atoms with Gasteiger partial charge in [-0.3, -0.25) is 4.90 Å². The number of aliphatic hydroxyl groups is 1. The van der Waals surface area contributed by atoms with Gasteiger partial charge in [-0.25, -0.2) is 0 Å². The van der Waals surface area contributed by atoms with Gasteiger partial charge in [-0.1, -0.05) is 54.9 Å². The Morgan fingerprint density at radius 2 is 1.56 bits per heavy atom. The van der Waals surface area contributed by atoms with Crippen molar-refractivity contribution in [2.24, 2.45) is 5.92 Å². The fraction of sp³-hybridized carbons (Fsp3) is 0.800. The molecule has 3 rings (SSSR count). The summed E-state index contributed by atoms with van der Waals surface area (Å²) in [7, 11) is 2.19. The second-order valence-electron chi connectivity index (χ2n) is 10.7. The molecule has 36 heavy (non-hydrogen) atoms. The SMILES string of the molecule is CC.CC.CCC(C)C.CN1C(C)(C)c2cc3c(cc2C1(C)C)OC(C(O)CNCC(S)CCS)C3. The second-order valence-corrected chi connectivity index (χ2v) is 11.9. The molecule has 0 saturated heterocycles. The summed E-state index contributed by atoms with van der Waals surface area (Å²) in [6.45, 7) is 25.0. The third-order valence-corrected chi connectivity index (χ3v) is 8.04. The molecule has 6 heteroatoms. The maximum absolute atomic E-state index is 10.6. The van der Waals surface area contributed by atoms with Crippen LogP contribution in [-0.4, -0.2) is 53.4 Å². The molecule has 2 aliphatic rings. The number of hydrogen-bond donors (Lipinski definition) is 4. The van der Waals surface area contributed by atoms with Crippen molar-refractivity contribution in [1.29, 1.82) is 0 Å². The van der Waals surface area contributed by atoms with Crippen molar-refractivity contribution in [3.8, 4) is 5.75 Å². The van der Waals surface area contributed by atoms with E-state index in [0.29, 0.717) is 6.54 Å². The van der Waals surface area contributed by atoms with Crippen molar-refractivity contribution < 1.29 is 9.84 Å². The first-order valence-electron chi connectivity index (χ1n) is 14.1. The van der Waals surface area contributed by atoms with Crippen molar-refractivity contribution in [2.75, 3.05) is 25.9 Å². The Bertz CT molecular complexity index is 708. The van der Waals surface area contributed by atoms with E-state index in [-0.39, 0.29) is 22.4 Å². The van der Waals surface area contributed by atoms with E-state index in [1.54, 1.807) is 0 Å². The van der Waals surface area contributed by atoms with Gasteiger partial charge in [-0.15, -0.1) is 0 Å². The van der Waals surface area contributed by atoms with Gasteiger partial charge in [-0.05, 0) is 81.7 Å². The molecule has 0 saturated carbocycles. The smallest absolute Gasteiger partial charge is 0.130 e. The summed E-state index contributed by atoms with van der Waals surface area (Å²) in [4.78, 5) is 2.43. The van der Waals surface area contributed by atoms with E-state index in [9.17, 15) is 5.11 Å². The molecule has 2 N–H and O–H groups in total. The number of thiol groups is 2. The van der Waals surface area contributed by atoms with Gasteiger partial charge >= 0.3 is 0 Å². The van der Waals surface area contributed by atoms with Crippen LogP contribution in [0.3, 0.4) is 0 Å². The molecule has 0 amide bonds. The van der Waals surface area contributed by atoms with Gasteiger partial charge in [0, 0.05) is 35.8 Å². The summed E-state index contributed by atoms with van der Waals surface area (Å²) >= 11 is 8.75. The zero-order valence-electron chi connectivity index (χ0n) is 25.4. The van der Waals surface area contributed by atoms with Gasteiger partial charge in [0.05, 0.1) is 0 Å². The molecule has 0 bridgehead atoms. The molecular weight excluding hydrogens is 484 g/mol. The van der Waals surface area contributed by atoms with Crippen LogP contribution in [-0.2, 0) is 17.5 Å². The average Bonchev–Trinajstić information content (AvgIpc) is 3.33. The van der Waals surface area contributed by atoms with E-state index >= 15 is 0 Å². The van der Waals surface area contributed by atoms with Crippen LogP contribution in [0.4, 0.5) is 0 Å². The Kier molecular flexibility index (Phi) is 16.4. The normalized spacial score (nSPS) is 20.4. The maximum atomic E-state index is 10.6. The third-order valence-electron chi connectivity index (χ3n) is 7.34. The Morgan fingerprint density at radius 3 is 2.03 bits per heavy atom. The van der Waals surface area contributed by atoms with Crippen LogP contribution >= 0.6 is 25.3 Å². The molecule has 0 aliphatic carbocycles. The molecule has 0 radical (unpaired) electrons. The highest BCUT2D eigenvalue weighted by Gasteiger charge is 2.48. The minimum absolute atomic E-state index is 0.0132. The lowest BCUT2D eigenvalue weighted by molar-refractivity contribution is 0.0497. The summed E-state index contributed by atoms with van der Waals surface area (Å²) in [5.74, 6) is 2.64. The van der Waals surface area contributed by atoms with Crippen LogP contribution < -0.4 is 10.1 Å². The van der Waals surface area contributed by atoms with Crippen molar-refractivity contribution in [3.63, 3.8) is 0 Å². The van der Waals surface area contributed by atoms with Crippen LogP contribution in [0.15, 0.2) is 12.1 Å². The van der Waals surface area contributed by atoms with Gasteiger partial charge in [-0.2, -0.15) is 25.3 Å². The maximum Gasteiger partial charge on any atom is 0.130 e. The number of ether oxygens (including phenoxy) is 1. The largest absolute Gasteiger partial charge is 0.487 e. The highest BCUT2D eigenvalue weighted by molar-refractivity contribution is 7.81. The topological polar surface area (TPSA) is 44.7 Å². The highest BCUT2D eigenvalue weighted by atomic mass is 32.1. The van der Waals surface area contributed by atoms with Crippen LogP contribution in [0.1, 0.15) is 106 Å². The van der Waals surface area contributed by atoms with E-state index in [1.807, 2.05) is 27.7 Å². The second kappa shape index (κ2) is 16.5. The quantitative estimate of drug-likeness (QED) is 0.265. The molecule has 0 fully saturated rings. The van der Waals surface area contributed by atoms with Crippen LogP contribution in [0.25, 0.3) is 0 Å². The lowest BCUT2D eigenvalue weighted by atomic mass is 9.88. The first-order valence-corrected chi connectivity index (χ1v) is 15.3. The molecule has 0 aromatic heterocycles. The number of fused-ring (bicyclic) bond motifs is 2. The summed E-state index contributed by atoms with van der Waals surface area (Å²) in [6.07, 6.45) is 2.29. The van der Waals surface area contributed by atoms with E-state index in [4.69, 9.17) is 4.74 Å². The van der Waals surface area contributed by atoms with Crippen molar-refractivity contribution in [1.82, 2.24) is 10.2 Å². The van der Waals surface area contributed by atoms with E-state index in [1.165, 1.54) is 23.1 Å². The lowest BCUT2D eigenvalue weighted by Gasteiger charge is -2.37. The van der Waals surface area contributed by atoms with Gasteiger partial charge in [0.25, 0.3) is 0 Å². The number of nitrogens with one attached hydrogen (secondary N) is 1. The van der Waals surface area contributed by atoms with Crippen LogP contribution in [0, 0.1) is 5.92 Å². The Balaban J connectivity index is 0.00000119. The minimum Gasteiger partial charge on any atom is -0.487 e. The summed E-state index contributed by atoms with van der Waals surface area (Å²) in [6, 6.07) is 4.50. The molecular formula is C30H58N2O2S2. The number of benzene rings is 1. The minimum atomic E-state index is -0.535. The molecule has 3 atom stereocenters. The van der Waals surface area contributed by atoms with Crippen LogP contribution in [0.2, 0.25) is 0 Å². The summed E-state index contributed by atoms with van der Waals surface area (Å²) in [5, 5.41) is 14.2. The highest BCUT2D eigenvalue weighted by Crippen LogP contribution is 2.51. The molecule has 3 unspecified atom stereocenters. The van der Waals surface area contributed by atoms with Crippen molar-refractivity contribution in [2.45, 2.75) is 124 Å². The zero-order valence-corrected chi connectivity index (χ0v) is 27.2. The number of nitrogens with zero attached hydrogens (tertiary/aromatic N) is 1. The van der Waals surface area contributed by atoms with Crippen molar-refractivity contribution in [3.05, 3.63) is 28.8 Å². The fourth-order valence-electron chi connectivity index (χ4n) is 4.38. The molecule has 2 heterocycles. The van der Waals surface area contributed by atoms with Gasteiger partial charge in [0.2, 0.25) is 0 Å². The number of aliphatic hydroxyl groups excluding tert-OH is 1. The van der Waals surface area contributed by atoms with Gasteiger partial charge in [0.15, 0.2) is 0 Å². The first kappa shape index (κ1) is 35.6. The molecule has 1 aromatic carbocycles. The zero-order chi connectivity index (χ0) is 28.3. The molecule has 212 valence electrons. The molecule has 4 nitrogen and oxygen atoms in total.